The zero-order valence-corrected chi connectivity index (χ0v) is 17.5. The molecule has 162 valence electrons. The summed E-state index contributed by atoms with van der Waals surface area (Å²) in [6, 6.07) is 27.9. The van der Waals surface area contributed by atoms with Crippen molar-refractivity contribution >= 4 is 17.8 Å². The van der Waals surface area contributed by atoms with Crippen molar-refractivity contribution in [1.29, 1.82) is 0 Å². The second-order valence-electron chi connectivity index (χ2n) is 7.63. The fourth-order valence-corrected chi connectivity index (χ4v) is 4.02. The molecule has 2 heterocycles. The molecular weight excluding hydrogens is 416 g/mol. The van der Waals surface area contributed by atoms with Gasteiger partial charge in [0.25, 0.3) is 11.8 Å². The highest BCUT2D eigenvalue weighted by Gasteiger charge is 2.54. The minimum absolute atomic E-state index is 0.323. The van der Waals surface area contributed by atoms with Gasteiger partial charge in [-0.15, -0.1) is 0 Å². The first-order valence-corrected chi connectivity index (χ1v) is 10.4. The standard InChI is InChI=1S/C26H20N4O3/c31-23(19-13-15-22(16-14-19)29-17-7-8-18-29)28-30-24(32)26(27-25(30)33,20-9-3-1-4-10-20)21-11-5-2-6-12-21/h1-18H,(H,27,33)(H,28,31). The van der Waals surface area contributed by atoms with Gasteiger partial charge in [0.15, 0.2) is 5.54 Å². The Morgan fingerprint density at radius 2 is 1.27 bits per heavy atom. The SMILES string of the molecule is O=C(NN1C(=O)NC(c2ccccc2)(c2ccccc2)C1=O)c1ccc(-n2cccc2)cc1. The van der Waals surface area contributed by atoms with Crippen LogP contribution in [-0.2, 0) is 10.3 Å². The molecule has 1 aliphatic rings. The van der Waals surface area contributed by atoms with E-state index in [1.807, 2.05) is 41.2 Å². The number of nitrogens with one attached hydrogen (secondary N) is 2. The molecule has 0 saturated carbocycles. The number of urea groups is 1. The van der Waals surface area contributed by atoms with Crippen LogP contribution in [0.4, 0.5) is 4.79 Å². The Hall–Kier alpha value is -4.65. The van der Waals surface area contributed by atoms with Gasteiger partial charge in [0.05, 0.1) is 0 Å². The maximum absolute atomic E-state index is 13.6. The van der Waals surface area contributed by atoms with Crippen molar-refractivity contribution in [2.45, 2.75) is 5.54 Å². The van der Waals surface area contributed by atoms with Crippen molar-refractivity contribution in [1.82, 2.24) is 20.3 Å². The van der Waals surface area contributed by atoms with E-state index in [2.05, 4.69) is 10.7 Å². The van der Waals surface area contributed by atoms with E-state index in [-0.39, 0.29) is 0 Å². The molecule has 1 aromatic heterocycles. The van der Waals surface area contributed by atoms with Crippen LogP contribution >= 0.6 is 0 Å². The molecule has 7 nitrogen and oxygen atoms in total. The van der Waals surface area contributed by atoms with Gasteiger partial charge in [-0.2, -0.15) is 5.01 Å². The number of hydrazine groups is 1. The lowest BCUT2D eigenvalue weighted by atomic mass is 9.83. The van der Waals surface area contributed by atoms with E-state index in [0.29, 0.717) is 16.7 Å². The normalized spacial score (nSPS) is 14.7. The van der Waals surface area contributed by atoms with Gasteiger partial charge in [0, 0.05) is 23.6 Å². The van der Waals surface area contributed by atoms with Crippen LogP contribution in [0.5, 0.6) is 0 Å². The Morgan fingerprint density at radius 3 is 1.82 bits per heavy atom. The summed E-state index contributed by atoms with van der Waals surface area (Å²) in [6.45, 7) is 0. The number of hydrogen-bond donors (Lipinski definition) is 2. The zero-order valence-electron chi connectivity index (χ0n) is 17.5. The second kappa shape index (κ2) is 8.12. The van der Waals surface area contributed by atoms with E-state index < -0.39 is 23.4 Å². The molecule has 33 heavy (non-hydrogen) atoms. The molecule has 1 fully saturated rings. The summed E-state index contributed by atoms with van der Waals surface area (Å²) in [4.78, 5) is 39.4. The molecule has 3 aromatic carbocycles. The average Bonchev–Trinajstić information content (AvgIpc) is 3.49. The fourth-order valence-electron chi connectivity index (χ4n) is 4.02. The highest BCUT2D eigenvalue weighted by molar-refractivity contribution is 6.11. The third-order valence-electron chi connectivity index (χ3n) is 5.68. The van der Waals surface area contributed by atoms with Crippen molar-refractivity contribution in [3.8, 4) is 5.69 Å². The molecule has 1 aliphatic heterocycles. The number of rotatable bonds is 5. The van der Waals surface area contributed by atoms with E-state index in [1.165, 1.54) is 0 Å². The van der Waals surface area contributed by atoms with Crippen molar-refractivity contribution < 1.29 is 14.4 Å². The molecule has 0 unspecified atom stereocenters. The summed E-state index contributed by atoms with van der Waals surface area (Å²) < 4.78 is 1.91. The average molecular weight is 436 g/mol. The maximum Gasteiger partial charge on any atom is 0.344 e. The van der Waals surface area contributed by atoms with E-state index >= 15 is 0 Å². The van der Waals surface area contributed by atoms with Crippen LogP contribution in [0.15, 0.2) is 109 Å². The predicted molar refractivity (Wildman–Crippen MR) is 122 cm³/mol. The van der Waals surface area contributed by atoms with Crippen molar-refractivity contribution in [3.05, 3.63) is 126 Å². The second-order valence-corrected chi connectivity index (χ2v) is 7.63. The summed E-state index contributed by atoms with van der Waals surface area (Å²) in [6.07, 6.45) is 3.80. The first-order chi connectivity index (χ1) is 16.1. The number of hydrogen-bond acceptors (Lipinski definition) is 3. The summed E-state index contributed by atoms with van der Waals surface area (Å²) in [5.74, 6) is -1.14. The van der Waals surface area contributed by atoms with Crippen molar-refractivity contribution in [3.63, 3.8) is 0 Å². The highest BCUT2D eigenvalue weighted by atomic mass is 16.2. The topological polar surface area (TPSA) is 83.4 Å². The zero-order chi connectivity index (χ0) is 22.8. The first kappa shape index (κ1) is 20.3. The van der Waals surface area contributed by atoms with Crippen LogP contribution in [-0.4, -0.2) is 27.4 Å². The molecule has 5 rings (SSSR count). The van der Waals surface area contributed by atoms with Crippen molar-refractivity contribution in [2.24, 2.45) is 0 Å². The van der Waals surface area contributed by atoms with E-state index in [9.17, 15) is 14.4 Å². The molecule has 4 aromatic rings. The largest absolute Gasteiger partial charge is 0.344 e. The molecule has 2 N–H and O–H groups in total. The number of carbonyl (C=O) groups excluding carboxylic acids is 3. The number of amides is 4. The van der Waals surface area contributed by atoms with Crippen LogP contribution in [0.25, 0.3) is 5.69 Å². The first-order valence-electron chi connectivity index (χ1n) is 10.4. The summed E-state index contributed by atoms with van der Waals surface area (Å²) in [5, 5.41) is 3.56. The number of imide groups is 1. The molecule has 1 saturated heterocycles. The third kappa shape index (κ3) is 3.45. The van der Waals surface area contributed by atoms with E-state index in [4.69, 9.17) is 0 Å². The van der Waals surface area contributed by atoms with E-state index in [0.717, 1.165) is 10.7 Å². The van der Waals surface area contributed by atoms with Gasteiger partial charge in [-0.25, -0.2) is 4.79 Å². The Kier molecular flexibility index (Phi) is 4.99. The minimum atomic E-state index is -1.44. The lowest BCUT2D eigenvalue weighted by Gasteiger charge is -2.27. The quantitative estimate of drug-likeness (QED) is 0.469. The predicted octanol–water partition coefficient (Wildman–Crippen LogP) is 3.62. The van der Waals surface area contributed by atoms with Gasteiger partial charge >= 0.3 is 6.03 Å². The lowest BCUT2D eigenvalue weighted by Crippen LogP contribution is -2.49. The van der Waals surface area contributed by atoms with Crippen LogP contribution in [0, 0.1) is 0 Å². The molecular formula is C26H20N4O3. The molecule has 7 heteroatoms. The van der Waals surface area contributed by atoms with Crippen LogP contribution in [0.1, 0.15) is 21.5 Å². The van der Waals surface area contributed by atoms with E-state index in [1.54, 1.807) is 72.8 Å². The number of benzene rings is 3. The number of nitrogens with zero attached hydrogens (tertiary/aromatic N) is 2. The van der Waals surface area contributed by atoms with Crippen LogP contribution < -0.4 is 10.7 Å². The molecule has 0 aliphatic carbocycles. The Balaban J connectivity index is 1.44. The third-order valence-corrected chi connectivity index (χ3v) is 5.68. The molecule has 0 radical (unpaired) electrons. The van der Waals surface area contributed by atoms with Gasteiger partial charge < -0.3 is 9.88 Å². The van der Waals surface area contributed by atoms with Gasteiger partial charge in [0.1, 0.15) is 0 Å². The number of carbonyl (C=O) groups is 3. The maximum atomic E-state index is 13.6. The number of aromatic nitrogens is 1. The van der Waals surface area contributed by atoms with Crippen LogP contribution in [0.2, 0.25) is 0 Å². The minimum Gasteiger partial charge on any atom is -0.324 e. The summed E-state index contributed by atoms with van der Waals surface area (Å²) >= 11 is 0. The van der Waals surface area contributed by atoms with Gasteiger partial charge in [-0.05, 0) is 47.5 Å². The molecule has 4 amide bonds. The Bertz CT molecular complexity index is 1260. The molecule has 0 atom stereocenters. The van der Waals surface area contributed by atoms with Gasteiger partial charge in [-0.1, -0.05) is 60.7 Å². The fraction of sp³-hybridized carbons (Fsp3) is 0.0385. The Labute approximate surface area is 190 Å². The van der Waals surface area contributed by atoms with Crippen molar-refractivity contribution in [2.75, 3.05) is 0 Å². The summed E-state index contributed by atoms with van der Waals surface area (Å²) in [5.41, 5.74) is 3.44. The van der Waals surface area contributed by atoms with Gasteiger partial charge in [0.2, 0.25) is 0 Å². The monoisotopic (exact) mass is 436 g/mol. The highest BCUT2D eigenvalue weighted by Crippen LogP contribution is 2.35. The Morgan fingerprint density at radius 1 is 0.727 bits per heavy atom. The van der Waals surface area contributed by atoms with Gasteiger partial charge in [-0.3, -0.25) is 15.0 Å². The smallest absolute Gasteiger partial charge is 0.324 e. The molecule has 0 bridgehead atoms. The lowest BCUT2D eigenvalue weighted by molar-refractivity contribution is -0.131. The summed E-state index contributed by atoms with van der Waals surface area (Å²) in [7, 11) is 0. The van der Waals surface area contributed by atoms with Crippen LogP contribution in [0.3, 0.4) is 0 Å². The molecule has 0 spiro atoms.